The van der Waals surface area contributed by atoms with Gasteiger partial charge in [0.1, 0.15) is 5.25 Å². The number of aryl methyl sites for hydroxylation is 1. The summed E-state index contributed by atoms with van der Waals surface area (Å²) in [6.45, 7) is 3.08. The van der Waals surface area contributed by atoms with E-state index >= 15 is 0 Å². The molecule has 0 saturated carbocycles. The summed E-state index contributed by atoms with van der Waals surface area (Å²) in [7, 11) is 0. The zero-order valence-electron chi connectivity index (χ0n) is 17.2. The number of nitrogens with one attached hydrogen (secondary N) is 1. The van der Waals surface area contributed by atoms with E-state index in [2.05, 4.69) is 10.3 Å². The van der Waals surface area contributed by atoms with Crippen LogP contribution in [0, 0.1) is 6.92 Å². The van der Waals surface area contributed by atoms with Crippen LogP contribution in [0.25, 0.3) is 0 Å². The lowest BCUT2D eigenvalue weighted by Gasteiger charge is -2.20. The molecule has 2 saturated heterocycles. The zero-order chi connectivity index (χ0) is 21.8. The number of benzene rings is 2. The summed E-state index contributed by atoms with van der Waals surface area (Å²) in [5.74, 6) is -0.331. The van der Waals surface area contributed by atoms with E-state index in [1.165, 1.54) is 11.8 Å². The molecule has 31 heavy (non-hydrogen) atoms. The van der Waals surface area contributed by atoms with Gasteiger partial charge >= 0.3 is 0 Å². The fraction of sp³-hybridized carbons (Fsp3) is 0.348. The third-order valence-electron chi connectivity index (χ3n) is 5.26. The van der Waals surface area contributed by atoms with Crippen molar-refractivity contribution in [1.82, 2.24) is 4.90 Å². The van der Waals surface area contributed by atoms with E-state index in [0.717, 1.165) is 30.7 Å². The predicted octanol–water partition coefficient (Wildman–Crippen LogP) is 4.79. The fourth-order valence-electron chi connectivity index (χ4n) is 3.60. The van der Waals surface area contributed by atoms with Crippen molar-refractivity contribution in [3.63, 3.8) is 0 Å². The number of halogens is 1. The fourth-order valence-corrected chi connectivity index (χ4v) is 4.94. The Morgan fingerprint density at radius 2 is 2.10 bits per heavy atom. The molecule has 2 heterocycles. The van der Waals surface area contributed by atoms with Gasteiger partial charge in [0, 0.05) is 23.7 Å². The minimum Gasteiger partial charge on any atom is -0.376 e. The average molecular weight is 458 g/mol. The SMILES string of the molecule is Cc1ccc(Cl)cc1NC(=O)C[C@@H]1SC(=Nc2ccccc2)N(C[C@H]2CCCO2)C1=O. The maximum Gasteiger partial charge on any atom is 0.242 e. The molecule has 0 radical (unpaired) electrons. The molecule has 0 bridgehead atoms. The van der Waals surface area contributed by atoms with E-state index in [4.69, 9.17) is 16.3 Å². The number of amidine groups is 1. The monoisotopic (exact) mass is 457 g/mol. The van der Waals surface area contributed by atoms with E-state index in [9.17, 15) is 9.59 Å². The smallest absolute Gasteiger partial charge is 0.242 e. The molecule has 8 heteroatoms. The van der Waals surface area contributed by atoms with Crippen molar-refractivity contribution >= 4 is 51.7 Å². The van der Waals surface area contributed by atoms with Crippen LogP contribution in [0.2, 0.25) is 5.02 Å². The van der Waals surface area contributed by atoms with Crippen molar-refractivity contribution in [2.75, 3.05) is 18.5 Å². The van der Waals surface area contributed by atoms with E-state index in [-0.39, 0.29) is 24.3 Å². The molecule has 2 aromatic carbocycles. The molecule has 0 unspecified atom stereocenters. The summed E-state index contributed by atoms with van der Waals surface area (Å²) in [6, 6.07) is 14.9. The number of ether oxygens (including phenoxy) is 1. The Labute approximate surface area is 191 Å². The van der Waals surface area contributed by atoms with Gasteiger partial charge in [-0.1, -0.05) is 47.6 Å². The number of carbonyl (C=O) groups excluding carboxylic acids is 2. The van der Waals surface area contributed by atoms with E-state index in [1.54, 1.807) is 17.0 Å². The van der Waals surface area contributed by atoms with Crippen LogP contribution in [0.3, 0.4) is 0 Å². The van der Waals surface area contributed by atoms with Crippen LogP contribution in [-0.2, 0) is 14.3 Å². The highest BCUT2D eigenvalue weighted by Gasteiger charge is 2.40. The van der Waals surface area contributed by atoms with Crippen molar-refractivity contribution in [2.24, 2.45) is 4.99 Å². The lowest BCUT2D eigenvalue weighted by Crippen LogP contribution is -2.38. The first-order chi connectivity index (χ1) is 15.0. The molecule has 2 fully saturated rings. The molecule has 1 N–H and O–H groups in total. The van der Waals surface area contributed by atoms with Crippen LogP contribution in [0.5, 0.6) is 0 Å². The van der Waals surface area contributed by atoms with Gasteiger partial charge in [-0.05, 0) is 49.6 Å². The molecule has 4 rings (SSSR count). The summed E-state index contributed by atoms with van der Waals surface area (Å²) in [4.78, 5) is 32.2. The minimum atomic E-state index is -0.525. The maximum absolute atomic E-state index is 13.2. The molecule has 0 aliphatic carbocycles. The Morgan fingerprint density at radius 3 is 2.84 bits per heavy atom. The van der Waals surface area contributed by atoms with Crippen LogP contribution >= 0.6 is 23.4 Å². The van der Waals surface area contributed by atoms with Crippen molar-refractivity contribution in [2.45, 2.75) is 37.5 Å². The average Bonchev–Trinajstić information content (AvgIpc) is 3.36. The van der Waals surface area contributed by atoms with Crippen molar-refractivity contribution < 1.29 is 14.3 Å². The van der Waals surface area contributed by atoms with Gasteiger partial charge in [0.25, 0.3) is 0 Å². The first kappa shape index (κ1) is 21.9. The predicted molar refractivity (Wildman–Crippen MR) is 125 cm³/mol. The Morgan fingerprint density at radius 1 is 1.29 bits per heavy atom. The highest BCUT2D eigenvalue weighted by Crippen LogP contribution is 2.33. The molecule has 162 valence electrons. The number of rotatable bonds is 6. The van der Waals surface area contributed by atoms with Crippen LogP contribution in [0.4, 0.5) is 11.4 Å². The number of hydrogen-bond acceptors (Lipinski definition) is 5. The quantitative estimate of drug-likeness (QED) is 0.677. The Hall–Kier alpha value is -2.35. The van der Waals surface area contributed by atoms with Crippen molar-refractivity contribution in [3.05, 3.63) is 59.1 Å². The highest BCUT2D eigenvalue weighted by atomic mass is 35.5. The lowest BCUT2D eigenvalue weighted by atomic mass is 10.2. The molecule has 2 atom stereocenters. The number of thioether (sulfide) groups is 1. The molecule has 0 spiro atoms. The molecule has 6 nitrogen and oxygen atoms in total. The number of nitrogens with zero attached hydrogens (tertiary/aromatic N) is 2. The first-order valence-corrected chi connectivity index (χ1v) is 11.5. The number of carbonyl (C=O) groups is 2. The van der Waals surface area contributed by atoms with Crippen molar-refractivity contribution in [1.29, 1.82) is 0 Å². The van der Waals surface area contributed by atoms with Crippen molar-refractivity contribution in [3.8, 4) is 0 Å². The second-order valence-electron chi connectivity index (χ2n) is 7.63. The summed E-state index contributed by atoms with van der Waals surface area (Å²) in [5, 5.41) is 3.52. The van der Waals surface area contributed by atoms with Gasteiger partial charge in [-0.15, -0.1) is 0 Å². The Kier molecular flexibility index (Phi) is 6.95. The summed E-state index contributed by atoms with van der Waals surface area (Å²) >= 11 is 7.38. The highest BCUT2D eigenvalue weighted by molar-refractivity contribution is 8.15. The Balaban J connectivity index is 1.49. The number of hydrogen-bond donors (Lipinski definition) is 1. The van der Waals surface area contributed by atoms with Gasteiger partial charge in [-0.25, -0.2) is 4.99 Å². The Bertz CT molecular complexity index is 993. The van der Waals surface area contributed by atoms with Gasteiger partial charge in [0.2, 0.25) is 11.8 Å². The largest absolute Gasteiger partial charge is 0.376 e. The molecule has 2 aliphatic rings. The van der Waals surface area contributed by atoms with Crippen LogP contribution in [0.1, 0.15) is 24.8 Å². The second kappa shape index (κ2) is 9.85. The summed E-state index contributed by atoms with van der Waals surface area (Å²) < 4.78 is 5.73. The van der Waals surface area contributed by atoms with Crippen LogP contribution < -0.4 is 5.32 Å². The van der Waals surface area contributed by atoms with Gasteiger partial charge in [-0.2, -0.15) is 0 Å². The van der Waals surface area contributed by atoms with Gasteiger partial charge in [0.15, 0.2) is 5.17 Å². The third kappa shape index (κ3) is 5.47. The molecular formula is C23H24ClN3O3S. The molecular weight excluding hydrogens is 434 g/mol. The lowest BCUT2D eigenvalue weighted by molar-refractivity contribution is -0.129. The number of para-hydroxylation sites is 1. The molecule has 2 aliphatic heterocycles. The number of anilines is 1. The molecule has 2 amide bonds. The zero-order valence-corrected chi connectivity index (χ0v) is 18.8. The maximum atomic E-state index is 13.2. The minimum absolute atomic E-state index is 0.00668. The topological polar surface area (TPSA) is 71.0 Å². The summed E-state index contributed by atoms with van der Waals surface area (Å²) in [6.07, 6.45) is 1.99. The van der Waals surface area contributed by atoms with E-state index in [0.29, 0.717) is 22.4 Å². The van der Waals surface area contributed by atoms with Gasteiger partial charge < -0.3 is 10.1 Å². The summed E-state index contributed by atoms with van der Waals surface area (Å²) in [5.41, 5.74) is 2.34. The molecule has 2 aromatic rings. The standard InChI is InChI=1S/C23H24ClN3O3S/c1-15-9-10-16(24)12-19(15)26-21(28)13-20-22(29)27(14-18-8-5-11-30-18)23(31-20)25-17-6-3-2-4-7-17/h2-4,6-7,9-10,12,18,20H,5,8,11,13-14H2,1H3,(H,26,28)/t18-,20+/m1/s1. The second-order valence-corrected chi connectivity index (χ2v) is 9.24. The van der Waals surface area contributed by atoms with E-state index < -0.39 is 5.25 Å². The van der Waals surface area contributed by atoms with Crippen LogP contribution in [0.15, 0.2) is 53.5 Å². The number of aliphatic imine (C=N–C) groups is 1. The normalized spacial score (nSPS) is 22.3. The number of amides is 2. The van der Waals surface area contributed by atoms with E-state index in [1.807, 2.05) is 43.3 Å². The van der Waals surface area contributed by atoms with Crippen LogP contribution in [-0.4, -0.2) is 46.4 Å². The first-order valence-electron chi connectivity index (χ1n) is 10.3. The molecule has 0 aromatic heterocycles. The third-order valence-corrected chi connectivity index (χ3v) is 6.67. The van der Waals surface area contributed by atoms with Gasteiger partial charge in [-0.3, -0.25) is 14.5 Å². The van der Waals surface area contributed by atoms with Gasteiger partial charge in [0.05, 0.1) is 18.3 Å².